The van der Waals surface area contributed by atoms with Gasteiger partial charge in [0.05, 0.1) is 17.4 Å². The molecule has 0 radical (unpaired) electrons. The highest BCUT2D eigenvalue weighted by atomic mass is 15.3. The minimum absolute atomic E-state index is 0.532. The highest BCUT2D eigenvalue weighted by molar-refractivity contribution is 5.84. The number of pyridine rings is 1. The van der Waals surface area contributed by atoms with Crippen molar-refractivity contribution in [3.05, 3.63) is 91.9 Å². The van der Waals surface area contributed by atoms with Gasteiger partial charge in [-0.1, -0.05) is 12.1 Å². The van der Waals surface area contributed by atoms with Gasteiger partial charge < -0.3 is 5.32 Å². The van der Waals surface area contributed by atoms with Gasteiger partial charge in [-0.05, 0) is 48.0 Å². The average molecular weight is 445 g/mol. The van der Waals surface area contributed by atoms with Crippen molar-refractivity contribution >= 4 is 22.5 Å². The molecule has 164 valence electrons. The van der Waals surface area contributed by atoms with Gasteiger partial charge in [0.15, 0.2) is 5.82 Å². The first-order valence-corrected chi connectivity index (χ1v) is 10.7. The van der Waals surface area contributed by atoms with E-state index in [1.165, 1.54) is 0 Å². The van der Waals surface area contributed by atoms with Crippen LogP contribution < -0.4 is 5.32 Å². The first kappa shape index (κ1) is 19.7. The first-order valence-electron chi connectivity index (χ1n) is 10.7. The molecule has 2 aromatic carbocycles. The number of anilines is 2. The molecule has 1 N–H and O–H groups in total. The number of aromatic nitrogens is 8. The van der Waals surface area contributed by atoms with Crippen molar-refractivity contribution in [3.63, 3.8) is 0 Å². The summed E-state index contributed by atoms with van der Waals surface area (Å²) >= 11 is 0. The topological polar surface area (TPSA) is 99.2 Å². The molecular weight excluding hydrogens is 426 g/mol. The van der Waals surface area contributed by atoms with Crippen LogP contribution in [0.5, 0.6) is 0 Å². The van der Waals surface area contributed by atoms with Gasteiger partial charge in [-0.25, -0.2) is 19.6 Å². The molecule has 4 heterocycles. The van der Waals surface area contributed by atoms with Crippen LogP contribution in [0.15, 0.2) is 91.9 Å². The van der Waals surface area contributed by atoms with E-state index in [0.717, 1.165) is 39.0 Å². The number of hydrogen-bond acceptors (Lipinski definition) is 7. The number of hydrogen-bond donors (Lipinski definition) is 1. The standard InChI is InChI=1S/C25H19N9/c1-33-15-20(14-29-33)18-2-3-19-13-27-25(31-23(19)12-18)30-21-4-6-22(7-5-21)34-16-28-24(32-34)17-8-10-26-11-9-17/h2-16H,1H3,(H,27,30,31). The van der Waals surface area contributed by atoms with Crippen LogP contribution in [0.3, 0.4) is 0 Å². The molecule has 0 saturated carbocycles. The molecule has 4 aromatic heterocycles. The fourth-order valence-electron chi connectivity index (χ4n) is 3.68. The second kappa shape index (κ2) is 8.21. The van der Waals surface area contributed by atoms with E-state index >= 15 is 0 Å². The summed E-state index contributed by atoms with van der Waals surface area (Å²) in [6.45, 7) is 0. The quantitative estimate of drug-likeness (QED) is 0.419. The van der Waals surface area contributed by atoms with E-state index in [2.05, 4.69) is 36.5 Å². The van der Waals surface area contributed by atoms with Crippen molar-refractivity contribution in [2.45, 2.75) is 0 Å². The molecule has 0 aliphatic heterocycles. The van der Waals surface area contributed by atoms with E-state index in [1.54, 1.807) is 28.1 Å². The molecule has 34 heavy (non-hydrogen) atoms. The number of aryl methyl sites for hydroxylation is 1. The smallest absolute Gasteiger partial charge is 0.227 e. The Morgan fingerprint density at radius 3 is 2.47 bits per heavy atom. The zero-order chi connectivity index (χ0) is 22.9. The number of rotatable bonds is 5. The minimum Gasteiger partial charge on any atom is -0.324 e. The van der Waals surface area contributed by atoms with Crippen molar-refractivity contribution in [3.8, 4) is 28.2 Å². The maximum absolute atomic E-state index is 4.70. The Balaban J connectivity index is 1.22. The van der Waals surface area contributed by atoms with Gasteiger partial charge in [0, 0.05) is 54.0 Å². The molecule has 9 heteroatoms. The Morgan fingerprint density at radius 1 is 0.824 bits per heavy atom. The van der Waals surface area contributed by atoms with Crippen LogP contribution in [0.1, 0.15) is 0 Å². The van der Waals surface area contributed by atoms with Gasteiger partial charge >= 0.3 is 0 Å². The lowest BCUT2D eigenvalue weighted by Crippen LogP contribution is -1.99. The largest absolute Gasteiger partial charge is 0.324 e. The molecule has 0 bridgehead atoms. The van der Waals surface area contributed by atoms with E-state index in [-0.39, 0.29) is 0 Å². The predicted octanol–water partition coefficient (Wildman–Crippen LogP) is 4.42. The van der Waals surface area contributed by atoms with E-state index in [9.17, 15) is 0 Å². The second-order valence-electron chi connectivity index (χ2n) is 7.79. The molecule has 0 aliphatic rings. The van der Waals surface area contributed by atoms with Crippen molar-refractivity contribution in [2.75, 3.05) is 5.32 Å². The van der Waals surface area contributed by atoms with Crippen LogP contribution >= 0.6 is 0 Å². The maximum atomic E-state index is 4.70. The summed E-state index contributed by atoms with van der Waals surface area (Å²) in [6, 6.07) is 17.8. The predicted molar refractivity (Wildman–Crippen MR) is 130 cm³/mol. The molecule has 6 aromatic rings. The summed E-state index contributed by atoms with van der Waals surface area (Å²) in [5.41, 5.74) is 5.68. The molecule has 0 spiro atoms. The van der Waals surface area contributed by atoms with Gasteiger partial charge in [0.1, 0.15) is 6.33 Å². The van der Waals surface area contributed by atoms with Crippen LogP contribution in [0.2, 0.25) is 0 Å². The van der Waals surface area contributed by atoms with Gasteiger partial charge in [-0.3, -0.25) is 9.67 Å². The van der Waals surface area contributed by atoms with Crippen molar-refractivity contribution in [1.82, 2.24) is 39.5 Å². The lowest BCUT2D eigenvalue weighted by Gasteiger charge is -2.08. The number of nitrogens with zero attached hydrogens (tertiary/aromatic N) is 8. The van der Waals surface area contributed by atoms with Crippen LogP contribution in [-0.2, 0) is 7.05 Å². The summed E-state index contributed by atoms with van der Waals surface area (Å²) in [5.74, 6) is 1.18. The molecule has 0 amide bonds. The monoisotopic (exact) mass is 445 g/mol. The Hall–Kier alpha value is -4.92. The van der Waals surface area contributed by atoms with Crippen LogP contribution in [0.4, 0.5) is 11.6 Å². The Labute approximate surface area is 194 Å². The van der Waals surface area contributed by atoms with Gasteiger partial charge in [0.2, 0.25) is 5.95 Å². The van der Waals surface area contributed by atoms with Crippen LogP contribution in [0, 0.1) is 0 Å². The molecule has 9 nitrogen and oxygen atoms in total. The molecule has 0 aliphatic carbocycles. The minimum atomic E-state index is 0.532. The summed E-state index contributed by atoms with van der Waals surface area (Å²) in [7, 11) is 1.91. The second-order valence-corrected chi connectivity index (χ2v) is 7.79. The third kappa shape index (κ3) is 3.86. The third-order valence-corrected chi connectivity index (χ3v) is 5.44. The molecule has 6 rings (SSSR count). The highest BCUT2D eigenvalue weighted by Crippen LogP contribution is 2.24. The molecule has 0 unspecified atom stereocenters. The van der Waals surface area contributed by atoms with E-state index < -0.39 is 0 Å². The highest BCUT2D eigenvalue weighted by Gasteiger charge is 2.07. The van der Waals surface area contributed by atoms with Crippen LogP contribution in [0.25, 0.3) is 39.1 Å². The molecule has 0 saturated heterocycles. The number of fused-ring (bicyclic) bond motifs is 1. The van der Waals surface area contributed by atoms with Crippen molar-refractivity contribution in [1.29, 1.82) is 0 Å². The average Bonchev–Trinajstić information content (AvgIpc) is 3.54. The zero-order valence-electron chi connectivity index (χ0n) is 18.2. The Morgan fingerprint density at radius 2 is 1.68 bits per heavy atom. The Bertz CT molecular complexity index is 1580. The van der Waals surface area contributed by atoms with Crippen LogP contribution in [-0.4, -0.2) is 39.5 Å². The van der Waals surface area contributed by atoms with Gasteiger partial charge in [-0.15, -0.1) is 5.10 Å². The first-order chi connectivity index (χ1) is 16.7. The zero-order valence-corrected chi connectivity index (χ0v) is 18.2. The number of nitrogens with one attached hydrogen (secondary N) is 1. The van der Waals surface area contributed by atoms with E-state index in [4.69, 9.17) is 4.98 Å². The Kier molecular flexibility index (Phi) is 4.77. The summed E-state index contributed by atoms with van der Waals surface area (Å²) < 4.78 is 3.53. The SMILES string of the molecule is Cn1cc(-c2ccc3cnc(Nc4ccc(-n5cnc(-c6ccncc6)n5)cc4)nc3c2)cn1. The van der Waals surface area contributed by atoms with Crippen molar-refractivity contribution in [2.24, 2.45) is 7.05 Å². The van der Waals surface area contributed by atoms with Gasteiger partial charge in [-0.2, -0.15) is 5.10 Å². The lowest BCUT2D eigenvalue weighted by molar-refractivity contribution is 0.768. The third-order valence-electron chi connectivity index (χ3n) is 5.44. The van der Waals surface area contributed by atoms with Gasteiger partial charge in [0.25, 0.3) is 0 Å². The molecule has 0 fully saturated rings. The molecule has 0 atom stereocenters. The summed E-state index contributed by atoms with van der Waals surface area (Å²) in [4.78, 5) is 17.6. The molecular formula is C25H19N9. The van der Waals surface area contributed by atoms with Crippen molar-refractivity contribution < 1.29 is 0 Å². The fraction of sp³-hybridized carbons (Fsp3) is 0.0400. The normalized spacial score (nSPS) is 11.1. The van der Waals surface area contributed by atoms with E-state index in [1.807, 2.05) is 74.2 Å². The maximum Gasteiger partial charge on any atom is 0.227 e. The fourth-order valence-corrected chi connectivity index (χ4v) is 3.68. The lowest BCUT2D eigenvalue weighted by atomic mass is 10.1. The van der Waals surface area contributed by atoms with E-state index in [0.29, 0.717) is 11.8 Å². The summed E-state index contributed by atoms with van der Waals surface area (Å²) in [5, 5.41) is 13.1. The summed E-state index contributed by atoms with van der Waals surface area (Å²) in [6.07, 6.45) is 10.8. The number of benzene rings is 2.